The molecule has 0 bridgehead atoms. The zero-order chi connectivity index (χ0) is 13.2. The minimum Gasteiger partial charge on any atom is -0.338 e. The average molecular weight is 256 g/mol. The van der Waals surface area contributed by atoms with Crippen molar-refractivity contribution in [3.8, 4) is 0 Å². The lowest BCUT2D eigenvalue weighted by atomic mass is 10.1. The Morgan fingerprint density at radius 1 is 1.22 bits per heavy atom. The molecule has 2 rings (SSSR count). The summed E-state index contributed by atoms with van der Waals surface area (Å²) in [5, 5.41) is 3.98. The van der Waals surface area contributed by atoms with Crippen LogP contribution in [0.5, 0.6) is 0 Å². The van der Waals surface area contributed by atoms with Crippen molar-refractivity contribution in [3.63, 3.8) is 0 Å². The Labute approximate surface area is 103 Å². The van der Waals surface area contributed by atoms with E-state index in [-0.39, 0.29) is 0 Å². The van der Waals surface area contributed by atoms with Gasteiger partial charge in [0.05, 0.1) is 5.52 Å². The summed E-state index contributed by atoms with van der Waals surface area (Å²) in [6, 6.07) is 7.28. The van der Waals surface area contributed by atoms with Crippen LogP contribution in [0.3, 0.4) is 0 Å². The predicted octanol–water partition coefficient (Wildman–Crippen LogP) is 3.31. The van der Waals surface area contributed by atoms with E-state index in [4.69, 9.17) is 0 Å². The fourth-order valence-electron chi connectivity index (χ4n) is 2.07. The Morgan fingerprint density at radius 3 is 2.67 bits per heavy atom. The summed E-state index contributed by atoms with van der Waals surface area (Å²) in [6.45, 7) is 2.39. The van der Waals surface area contributed by atoms with Crippen LogP contribution in [-0.2, 0) is 13.1 Å². The fraction of sp³-hybridized carbons (Fsp3) is 0.385. The van der Waals surface area contributed by atoms with Crippen molar-refractivity contribution < 1.29 is 13.2 Å². The van der Waals surface area contributed by atoms with Crippen LogP contribution < -0.4 is 5.32 Å². The lowest BCUT2D eigenvalue weighted by Crippen LogP contribution is -2.18. The van der Waals surface area contributed by atoms with Gasteiger partial charge in [0.25, 0.3) is 0 Å². The summed E-state index contributed by atoms with van der Waals surface area (Å²) in [5.41, 5.74) is 1.55. The minimum atomic E-state index is -4.20. The minimum absolute atomic E-state index is 0.579. The van der Waals surface area contributed by atoms with Gasteiger partial charge in [0.2, 0.25) is 0 Å². The maximum absolute atomic E-state index is 12.5. The van der Waals surface area contributed by atoms with Gasteiger partial charge in [-0.3, -0.25) is 0 Å². The second-order valence-corrected chi connectivity index (χ2v) is 4.19. The van der Waals surface area contributed by atoms with Crippen molar-refractivity contribution in [2.45, 2.75) is 26.2 Å². The van der Waals surface area contributed by atoms with Gasteiger partial charge in [-0.15, -0.1) is 0 Å². The van der Waals surface area contributed by atoms with Gasteiger partial charge in [-0.25, -0.2) is 0 Å². The number of halogens is 3. The number of alkyl halides is 3. The number of nitrogens with one attached hydrogen (secondary N) is 1. The lowest BCUT2D eigenvalue weighted by Gasteiger charge is -2.12. The Kier molecular flexibility index (Phi) is 3.61. The van der Waals surface area contributed by atoms with Gasteiger partial charge >= 0.3 is 6.18 Å². The molecule has 0 amide bonds. The Balaban J connectivity index is 2.41. The van der Waals surface area contributed by atoms with Crippen LogP contribution in [0.4, 0.5) is 13.2 Å². The number of aromatic nitrogens is 1. The smallest absolute Gasteiger partial charge is 0.338 e. The Hall–Kier alpha value is -1.49. The molecule has 0 radical (unpaired) electrons. The van der Waals surface area contributed by atoms with E-state index in [9.17, 15) is 13.2 Å². The molecule has 1 aromatic heterocycles. The third kappa shape index (κ3) is 2.85. The van der Waals surface area contributed by atoms with E-state index >= 15 is 0 Å². The normalized spacial score (nSPS) is 12.2. The van der Waals surface area contributed by atoms with Crippen LogP contribution in [-0.4, -0.2) is 17.3 Å². The molecular formula is C13H15F3N2. The molecule has 0 aliphatic carbocycles. The molecule has 0 saturated heterocycles. The molecule has 1 N–H and O–H groups in total. The zero-order valence-corrected chi connectivity index (χ0v) is 10.1. The van der Waals surface area contributed by atoms with E-state index in [2.05, 4.69) is 5.32 Å². The summed E-state index contributed by atoms with van der Waals surface area (Å²) in [4.78, 5) is 0. The maximum Gasteiger partial charge on any atom is 0.406 e. The van der Waals surface area contributed by atoms with Crippen LogP contribution in [0.15, 0.2) is 30.5 Å². The van der Waals surface area contributed by atoms with Crippen LogP contribution in [0.2, 0.25) is 0 Å². The first kappa shape index (κ1) is 13.0. The topological polar surface area (TPSA) is 17.0 Å². The number of hydrogen-bond acceptors (Lipinski definition) is 1. The monoisotopic (exact) mass is 256 g/mol. The fourth-order valence-corrected chi connectivity index (χ4v) is 2.07. The highest BCUT2D eigenvalue weighted by atomic mass is 19.4. The largest absolute Gasteiger partial charge is 0.406 e. The molecule has 0 fully saturated rings. The predicted molar refractivity (Wildman–Crippen MR) is 65.4 cm³/mol. The average Bonchev–Trinajstić information content (AvgIpc) is 2.68. The first-order chi connectivity index (χ1) is 8.51. The molecule has 0 saturated carbocycles. The van der Waals surface area contributed by atoms with Crippen molar-refractivity contribution in [2.75, 3.05) is 6.54 Å². The van der Waals surface area contributed by atoms with E-state index < -0.39 is 12.7 Å². The Morgan fingerprint density at radius 2 is 2.00 bits per heavy atom. The van der Waals surface area contributed by atoms with E-state index in [1.54, 1.807) is 6.07 Å². The molecule has 5 heteroatoms. The van der Waals surface area contributed by atoms with Crippen LogP contribution >= 0.6 is 0 Å². The number of hydrogen-bond donors (Lipinski definition) is 1. The van der Waals surface area contributed by atoms with Gasteiger partial charge in [0.15, 0.2) is 0 Å². The molecule has 0 aliphatic rings. The van der Waals surface area contributed by atoms with Gasteiger partial charge in [0.1, 0.15) is 6.54 Å². The molecule has 0 unspecified atom stereocenters. The molecule has 2 aromatic rings. The highest BCUT2D eigenvalue weighted by Crippen LogP contribution is 2.25. The molecule has 1 heterocycles. The van der Waals surface area contributed by atoms with Crippen molar-refractivity contribution in [1.82, 2.24) is 9.88 Å². The number of rotatable bonds is 4. The number of para-hydroxylation sites is 1. The highest BCUT2D eigenvalue weighted by molar-refractivity contribution is 5.83. The van der Waals surface area contributed by atoms with Crippen LogP contribution in [0.25, 0.3) is 10.9 Å². The molecular weight excluding hydrogens is 241 g/mol. The number of benzene rings is 1. The van der Waals surface area contributed by atoms with Gasteiger partial charge in [0, 0.05) is 12.7 Å². The lowest BCUT2D eigenvalue weighted by molar-refractivity contribution is -0.139. The first-order valence-corrected chi connectivity index (χ1v) is 5.85. The molecule has 2 nitrogen and oxygen atoms in total. The van der Waals surface area contributed by atoms with Crippen molar-refractivity contribution >= 4 is 10.9 Å². The molecule has 98 valence electrons. The van der Waals surface area contributed by atoms with Gasteiger partial charge in [-0.05, 0) is 23.6 Å². The van der Waals surface area contributed by atoms with E-state index in [1.165, 1.54) is 10.8 Å². The van der Waals surface area contributed by atoms with Gasteiger partial charge in [-0.1, -0.05) is 25.1 Å². The zero-order valence-electron chi connectivity index (χ0n) is 10.1. The van der Waals surface area contributed by atoms with E-state index in [0.29, 0.717) is 12.1 Å². The molecule has 0 spiro atoms. The summed E-state index contributed by atoms with van der Waals surface area (Å²) in [6.07, 6.45) is -2.70. The first-order valence-electron chi connectivity index (χ1n) is 5.85. The third-order valence-corrected chi connectivity index (χ3v) is 2.79. The summed E-state index contributed by atoms with van der Waals surface area (Å²) in [5.74, 6) is 0. The second kappa shape index (κ2) is 5.02. The molecule has 18 heavy (non-hydrogen) atoms. The van der Waals surface area contributed by atoms with Crippen molar-refractivity contribution in [2.24, 2.45) is 0 Å². The molecule has 1 aromatic carbocycles. The van der Waals surface area contributed by atoms with E-state index in [1.807, 2.05) is 25.1 Å². The summed E-state index contributed by atoms with van der Waals surface area (Å²) in [7, 11) is 0. The number of fused-ring (bicyclic) bond motifs is 1. The van der Waals surface area contributed by atoms with Crippen molar-refractivity contribution in [3.05, 3.63) is 36.0 Å². The quantitative estimate of drug-likeness (QED) is 0.888. The number of nitrogens with zero attached hydrogens (tertiary/aromatic N) is 1. The van der Waals surface area contributed by atoms with Crippen LogP contribution in [0.1, 0.15) is 12.5 Å². The van der Waals surface area contributed by atoms with Gasteiger partial charge in [-0.2, -0.15) is 13.2 Å². The maximum atomic E-state index is 12.5. The van der Waals surface area contributed by atoms with E-state index in [0.717, 1.165) is 17.5 Å². The highest BCUT2D eigenvalue weighted by Gasteiger charge is 2.28. The molecule has 0 aliphatic heterocycles. The standard InChI is InChI=1S/C13H15F3N2/c1-2-17-8-11-5-3-4-10-6-7-18(12(10)11)9-13(14,15)16/h3-7,17H,2,8-9H2,1H3. The van der Waals surface area contributed by atoms with Crippen molar-refractivity contribution in [1.29, 1.82) is 0 Å². The Bertz CT molecular complexity index is 529. The van der Waals surface area contributed by atoms with Crippen LogP contribution in [0, 0.1) is 0 Å². The summed E-state index contributed by atoms with van der Waals surface area (Å²) < 4.78 is 38.7. The van der Waals surface area contributed by atoms with Gasteiger partial charge < -0.3 is 9.88 Å². The second-order valence-electron chi connectivity index (χ2n) is 4.19. The molecule has 0 atom stereocenters. The third-order valence-electron chi connectivity index (χ3n) is 2.79. The SMILES string of the molecule is CCNCc1cccc2ccn(CC(F)(F)F)c12. The summed E-state index contributed by atoms with van der Waals surface area (Å²) >= 11 is 0.